The van der Waals surface area contributed by atoms with Gasteiger partial charge in [0.2, 0.25) is 0 Å². The molecule has 0 aromatic heterocycles. The average Bonchev–Trinajstić information content (AvgIpc) is 2.38. The summed E-state index contributed by atoms with van der Waals surface area (Å²) in [5.41, 5.74) is 5.41. The Morgan fingerprint density at radius 1 is 1.29 bits per heavy atom. The van der Waals surface area contributed by atoms with Crippen molar-refractivity contribution in [1.82, 2.24) is 5.32 Å². The van der Waals surface area contributed by atoms with Crippen molar-refractivity contribution < 1.29 is 5.21 Å². The molecule has 0 aromatic rings. The van der Waals surface area contributed by atoms with E-state index in [1.54, 1.807) is 0 Å². The first-order chi connectivity index (χ1) is 8.26. The first-order valence-electron chi connectivity index (χ1n) is 6.96. The zero-order chi connectivity index (χ0) is 12.5. The molecule has 1 aliphatic rings. The fourth-order valence-electron chi connectivity index (χ4n) is 2.56. The highest BCUT2D eigenvalue weighted by atomic mass is 16.4. The van der Waals surface area contributed by atoms with Crippen molar-refractivity contribution in [3.63, 3.8) is 0 Å². The Bertz CT molecular complexity index is 223. The molecular formula is C13H27N3O. The minimum Gasteiger partial charge on any atom is -0.409 e. The van der Waals surface area contributed by atoms with Crippen LogP contribution >= 0.6 is 0 Å². The van der Waals surface area contributed by atoms with Crippen molar-refractivity contribution in [2.24, 2.45) is 16.8 Å². The normalized spacial score (nSPS) is 26.1. The zero-order valence-corrected chi connectivity index (χ0v) is 11.0. The van der Waals surface area contributed by atoms with Gasteiger partial charge >= 0.3 is 0 Å². The fraction of sp³-hybridized carbons (Fsp3) is 0.923. The van der Waals surface area contributed by atoms with Crippen molar-refractivity contribution in [3.05, 3.63) is 0 Å². The van der Waals surface area contributed by atoms with E-state index >= 15 is 0 Å². The molecule has 0 heterocycles. The molecule has 17 heavy (non-hydrogen) atoms. The molecule has 0 amide bonds. The van der Waals surface area contributed by atoms with Crippen LogP contribution in [-0.4, -0.2) is 23.6 Å². The number of nitrogens with two attached hydrogens (primary N) is 1. The predicted molar refractivity (Wildman–Crippen MR) is 71.3 cm³/mol. The second-order valence-corrected chi connectivity index (χ2v) is 5.13. The summed E-state index contributed by atoms with van der Waals surface area (Å²) in [6.07, 6.45) is 9.57. The largest absolute Gasteiger partial charge is 0.409 e. The number of nitrogens with zero attached hydrogens (tertiary/aromatic N) is 1. The summed E-state index contributed by atoms with van der Waals surface area (Å²) in [4.78, 5) is 0. The van der Waals surface area contributed by atoms with Crippen molar-refractivity contribution >= 4 is 5.84 Å². The fourth-order valence-corrected chi connectivity index (χ4v) is 2.56. The number of hydrogen-bond acceptors (Lipinski definition) is 3. The SMILES string of the molecule is CCC1CCC(NCCCCC(N)=NO)CC1. The summed E-state index contributed by atoms with van der Waals surface area (Å²) in [6.45, 7) is 3.35. The van der Waals surface area contributed by atoms with Crippen molar-refractivity contribution in [2.45, 2.75) is 64.3 Å². The lowest BCUT2D eigenvalue weighted by Gasteiger charge is -2.28. The molecule has 1 aliphatic carbocycles. The highest BCUT2D eigenvalue weighted by Gasteiger charge is 2.18. The molecule has 100 valence electrons. The molecule has 4 nitrogen and oxygen atoms in total. The summed E-state index contributed by atoms with van der Waals surface area (Å²) in [6, 6.07) is 0.724. The summed E-state index contributed by atoms with van der Waals surface area (Å²) in [5, 5.41) is 15.0. The molecule has 1 fully saturated rings. The third-order valence-corrected chi connectivity index (χ3v) is 3.85. The van der Waals surface area contributed by atoms with E-state index in [4.69, 9.17) is 10.9 Å². The highest BCUT2D eigenvalue weighted by Crippen LogP contribution is 2.26. The number of rotatable bonds is 7. The smallest absolute Gasteiger partial charge is 0.139 e. The van der Waals surface area contributed by atoms with Crippen molar-refractivity contribution in [3.8, 4) is 0 Å². The van der Waals surface area contributed by atoms with Crippen LogP contribution in [0, 0.1) is 5.92 Å². The van der Waals surface area contributed by atoms with E-state index in [2.05, 4.69) is 17.4 Å². The Morgan fingerprint density at radius 3 is 2.59 bits per heavy atom. The van der Waals surface area contributed by atoms with Crippen molar-refractivity contribution in [1.29, 1.82) is 0 Å². The molecule has 0 aromatic carbocycles. The zero-order valence-electron chi connectivity index (χ0n) is 11.0. The molecule has 4 heteroatoms. The maximum atomic E-state index is 8.39. The van der Waals surface area contributed by atoms with Gasteiger partial charge in [-0.05, 0) is 51.0 Å². The number of unbranched alkanes of at least 4 members (excludes halogenated alkanes) is 1. The molecule has 1 rings (SSSR count). The molecule has 4 N–H and O–H groups in total. The predicted octanol–water partition coefficient (Wildman–Crippen LogP) is 2.46. The first-order valence-corrected chi connectivity index (χ1v) is 6.96. The van der Waals surface area contributed by atoms with E-state index in [1.807, 2.05) is 0 Å². The van der Waals surface area contributed by atoms with Gasteiger partial charge in [0.05, 0.1) is 0 Å². The van der Waals surface area contributed by atoms with Crippen LogP contribution in [-0.2, 0) is 0 Å². The van der Waals surface area contributed by atoms with E-state index < -0.39 is 0 Å². The lowest BCUT2D eigenvalue weighted by molar-refractivity contribution is 0.285. The van der Waals surface area contributed by atoms with Crippen molar-refractivity contribution in [2.75, 3.05) is 6.54 Å². The minimum atomic E-state index is 0.341. The van der Waals surface area contributed by atoms with Gasteiger partial charge in [0, 0.05) is 12.5 Å². The Morgan fingerprint density at radius 2 is 2.00 bits per heavy atom. The second-order valence-electron chi connectivity index (χ2n) is 5.13. The lowest BCUT2D eigenvalue weighted by Crippen LogP contribution is -2.33. The minimum absolute atomic E-state index is 0.341. The van der Waals surface area contributed by atoms with E-state index in [-0.39, 0.29) is 0 Å². The maximum Gasteiger partial charge on any atom is 0.139 e. The molecule has 0 saturated heterocycles. The van der Waals surface area contributed by atoms with Gasteiger partial charge in [-0.25, -0.2) is 0 Å². The molecule has 1 saturated carbocycles. The Labute approximate surface area is 105 Å². The third-order valence-electron chi connectivity index (χ3n) is 3.85. The van der Waals surface area contributed by atoms with Crippen LogP contribution in [0.2, 0.25) is 0 Å². The van der Waals surface area contributed by atoms with Crippen LogP contribution in [0.5, 0.6) is 0 Å². The van der Waals surface area contributed by atoms with Crippen LogP contribution < -0.4 is 11.1 Å². The van der Waals surface area contributed by atoms with Crippen LogP contribution in [0.15, 0.2) is 5.16 Å². The molecule has 0 radical (unpaired) electrons. The second kappa shape index (κ2) is 8.34. The monoisotopic (exact) mass is 241 g/mol. The summed E-state index contributed by atoms with van der Waals surface area (Å²) < 4.78 is 0. The maximum absolute atomic E-state index is 8.39. The summed E-state index contributed by atoms with van der Waals surface area (Å²) in [7, 11) is 0. The number of hydrogen-bond donors (Lipinski definition) is 3. The quantitative estimate of drug-likeness (QED) is 0.211. The van der Waals surface area contributed by atoms with E-state index in [1.165, 1.54) is 32.1 Å². The van der Waals surface area contributed by atoms with Crippen LogP contribution in [0.1, 0.15) is 58.3 Å². The lowest BCUT2D eigenvalue weighted by atomic mass is 9.84. The van der Waals surface area contributed by atoms with Crippen LogP contribution in [0.3, 0.4) is 0 Å². The van der Waals surface area contributed by atoms with Gasteiger partial charge in [-0.15, -0.1) is 0 Å². The van der Waals surface area contributed by atoms with Crippen LogP contribution in [0.4, 0.5) is 0 Å². The molecule has 0 bridgehead atoms. The Kier molecular flexibility index (Phi) is 7.01. The molecule has 0 unspecified atom stereocenters. The van der Waals surface area contributed by atoms with E-state index in [9.17, 15) is 0 Å². The molecule has 0 spiro atoms. The number of oxime groups is 1. The Hall–Kier alpha value is -0.770. The van der Waals surface area contributed by atoms with E-state index in [0.29, 0.717) is 12.3 Å². The highest BCUT2D eigenvalue weighted by molar-refractivity contribution is 5.79. The summed E-state index contributed by atoms with van der Waals surface area (Å²) in [5.74, 6) is 1.31. The Balaban J connectivity index is 1.97. The topological polar surface area (TPSA) is 70.6 Å². The summed E-state index contributed by atoms with van der Waals surface area (Å²) >= 11 is 0. The van der Waals surface area contributed by atoms with Gasteiger partial charge in [0.25, 0.3) is 0 Å². The molecule has 0 aliphatic heterocycles. The number of nitrogens with one attached hydrogen (secondary N) is 1. The van der Waals surface area contributed by atoms with Crippen LogP contribution in [0.25, 0.3) is 0 Å². The molecular weight excluding hydrogens is 214 g/mol. The molecule has 0 atom stereocenters. The van der Waals surface area contributed by atoms with E-state index in [0.717, 1.165) is 31.3 Å². The van der Waals surface area contributed by atoms with Gasteiger partial charge in [0.1, 0.15) is 5.84 Å². The number of amidine groups is 1. The van der Waals surface area contributed by atoms with Gasteiger partial charge in [-0.2, -0.15) is 0 Å². The standard InChI is InChI=1S/C13H27N3O/c1-2-11-6-8-12(9-7-11)15-10-4-3-5-13(14)16-17/h11-12,15,17H,2-10H2,1H3,(H2,14,16). The van der Waals surface area contributed by atoms with Gasteiger partial charge in [-0.1, -0.05) is 18.5 Å². The van der Waals surface area contributed by atoms with Gasteiger partial charge in [-0.3, -0.25) is 0 Å². The average molecular weight is 241 g/mol. The van der Waals surface area contributed by atoms with Gasteiger partial charge in [0.15, 0.2) is 0 Å². The van der Waals surface area contributed by atoms with Gasteiger partial charge < -0.3 is 16.3 Å². The first kappa shape index (κ1) is 14.3. The third kappa shape index (κ3) is 5.91.